The van der Waals surface area contributed by atoms with Gasteiger partial charge in [-0.2, -0.15) is 16.9 Å². The quantitative estimate of drug-likeness (QED) is 0.780. The average Bonchev–Trinajstić information content (AvgIpc) is 2.97. The minimum absolute atomic E-state index is 0.137. The van der Waals surface area contributed by atoms with Crippen LogP contribution in [0.1, 0.15) is 12.0 Å². The minimum Gasteiger partial charge on any atom is -0.469 e. The van der Waals surface area contributed by atoms with E-state index in [1.165, 1.54) is 12.7 Å². The first kappa shape index (κ1) is 17.0. The van der Waals surface area contributed by atoms with E-state index < -0.39 is 0 Å². The third-order valence-electron chi connectivity index (χ3n) is 4.30. The summed E-state index contributed by atoms with van der Waals surface area (Å²) in [6.07, 6.45) is 2.53. The van der Waals surface area contributed by atoms with Crippen molar-refractivity contribution in [2.75, 3.05) is 25.2 Å². The monoisotopic (exact) mass is 345 g/mol. The third-order valence-corrected chi connectivity index (χ3v) is 5.40. The van der Waals surface area contributed by atoms with Crippen LogP contribution < -0.4 is 0 Å². The number of carbonyl (C=O) groups excluding carboxylic acids is 1. The normalized spacial score (nSPS) is 18.5. The van der Waals surface area contributed by atoms with Crippen LogP contribution in [-0.2, 0) is 23.1 Å². The average molecular weight is 345 g/mol. The molecule has 1 aromatic heterocycles. The summed E-state index contributed by atoms with van der Waals surface area (Å²) in [7, 11) is 3.41. The van der Waals surface area contributed by atoms with Gasteiger partial charge in [0.05, 0.1) is 19.2 Å². The van der Waals surface area contributed by atoms with E-state index in [0.717, 1.165) is 35.9 Å². The van der Waals surface area contributed by atoms with Crippen LogP contribution >= 0.6 is 11.8 Å². The van der Waals surface area contributed by atoms with E-state index in [9.17, 15) is 4.79 Å². The molecular formula is C18H23N3O2S. The first-order chi connectivity index (χ1) is 11.7. The van der Waals surface area contributed by atoms with E-state index in [4.69, 9.17) is 4.74 Å². The number of benzene rings is 1. The van der Waals surface area contributed by atoms with Gasteiger partial charge in [0.2, 0.25) is 0 Å². The Morgan fingerprint density at radius 1 is 1.38 bits per heavy atom. The fraction of sp³-hybridized carbons (Fsp3) is 0.444. The van der Waals surface area contributed by atoms with Crippen molar-refractivity contribution in [2.24, 2.45) is 7.05 Å². The molecule has 24 heavy (non-hydrogen) atoms. The van der Waals surface area contributed by atoms with Gasteiger partial charge in [-0.15, -0.1) is 0 Å². The van der Waals surface area contributed by atoms with E-state index in [0.29, 0.717) is 6.42 Å². The Balaban J connectivity index is 1.80. The number of esters is 1. The summed E-state index contributed by atoms with van der Waals surface area (Å²) in [5.41, 5.74) is 3.35. The molecule has 3 rings (SSSR count). The van der Waals surface area contributed by atoms with Crippen molar-refractivity contribution in [2.45, 2.75) is 19.0 Å². The van der Waals surface area contributed by atoms with Gasteiger partial charge in [-0.3, -0.25) is 14.4 Å². The lowest BCUT2D eigenvalue weighted by Gasteiger charge is -2.34. The summed E-state index contributed by atoms with van der Waals surface area (Å²) in [5, 5.41) is 4.64. The number of ether oxygens (including phenoxy) is 1. The van der Waals surface area contributed by atoms with Crippen LogP contribution in [0.4, 0.5) is 0 Å². The highest BCUT2D eigenvalue weighted by Crippen LogP contribution is 2.26. The smallest absolute Gasteiger partial charge is 0.307 e. The van der Waals surface area contributed by atoms with Crippen molar-refractivity contribution in [3.63, 3.8) is 0 Å². The second kappa shape index (κ2) is 7.85. The Labute approximate surface area is 147 Å². The number of aryl methyl sites for hydroxylation is 1. The largest absolute Gasteiger partial charge is 0.469 e. The molecule has 1 aliphatic heterocycles. The first-order valence-electron chi connectivity index (χ1n) is 8.14. The van der Waals surface area contributed by atoms with Crippen molar-refractivity contribution in [1.29, 1.82) is 0 Å². The van der Waals surface area contributed by atoms with Crippen molar-refractivity contribution < 1.29 is 9.53 Å². The van der Waals surface area contributed by atoms with Gasteiger partial charge in [0.25, 0.3) is 0 Å². The highest BCUT2D eigenvalue weighted by Gasteiger charge is 2.26. The summed E-state index contributed by atoms with van der Waals surface area (Å²) >= 11 is 1.91. The highest BCUT2D eigenvalue weighted by atomic mass is 32.2. The fourth-order valence-electron chi connectivity index (χ4n) is 3.07. The summed E-state index contributed by atoms with van der Waals surface area (Å²) < 4.78 is 6.72. The molecule has 0 radical (unpaired) electrons. The zero-order valence-corrected chi connectivity index (χ0v) is 15.0. The molecule has 0 spiro atoms. The maximum Gasteiger partial charge on any atom is 0.307 e. The molecule has 5 nitrogen and oxygen atoms in total. The number of methoxy groups -OCH3 is 1. The fourth-order valence-corrected chi connectivity index (χ4v) is 4.20. The molecule has 6 heteroatoms. The van der Waals surface area contributed by atoms with Gasteiger partial charge < -0.3 is 4.74 Å². The Morgan fingerprint density at radius 3 is 2.92 bits per heavy atom. The molecule has 0 unspecified atom stereocenters. The molecular weight excluding hydrogens is 322 g/mol. The van der Waals surface area contributed by atoms with Crippen LogP contribution in [0.25, 0.3) is 11.3 Å². The molecule has 1 aromatic carbocycles. The van der Waals surface area contributed by atoms with Gasteiger partial charge in [0, 0.05) is 55.0 Å². The number of thioether (sulfide) groups is 1. The van der Waals surface area contributed by atoms with Gasteiger partial charge in [-0.05, 0) is 0 Å². The molecule has 1 fully saturated rings. The van der Waals surface area contributed by atoms with E-state index >= 15 is 0 Å². The molecule has 2 aromatic rings. The number of aromatic nitrogens is 2. The SMILES string of the molecule is COC(=O)C[C@@H]1CSCCN1Cc1cn(C)nc1-c1ccccc1. The van der Waals surface area contributed by atoms with Crippen LogP contribution in [-0.4, -0.2) is 51.9 Å². The molecule has 1 aliphatic rings. The van der Waals surface area contributed by atoms with Crippen molar-refractivity contribution in [3.8, 4) is 11.3 Å². The molecule has 0 bridgehead atoms. The van der Waals surface area contributed by atoms with Crippen LogP contribution in [0.15, 0.2) is 36.5 Å². The predicted molar refractivity (Wildman–Crippen MR) is 96.8 cm³/mol. The van der Waals surface area contributed by atoms with E-state index in [2.05, 4.69) is 28.3 Å². The number of nitrogens with zero attached hydrogens (tertiary/aromatic N) is 3. The summed E-state index contributed by atoms with van der Waals surface area (Å²) in [6.45, 7) is 1.79. The third kappa shape index (κ3) is 3.99. The Kier molecular flexibility index (Phi) is 5.58. The second-order valence-electron chi connectivity index (χ2n) is 6.02. The lowest BCUT2D eigenvalue weighted by atomic mass is 10.1. The molecule has 128 valence electrons. The van der Waals surface area contributed by atoms with Gasteiger partial charge in [-0.1, -0.05) is 30.3 Å². The molecule has 2 heterocycles. The molecule has 0 N–H and O–H groups in total. The highest BCUT2D eigenvalue weighted by molar-refractivity contribution is 7.99. The second-order valence-corrected chi connectivity index (χ2v) is 7.17. The van der Waals surface area contributed by atoms with Crippen LogP contribution in [0.2, 0.25) is 0 Å². The Morgan fingerprint density at radius 2 is 2.17 bits per heavy atom. The van der Waals surface area contributed by atoms with Gasteiger partial charge in [0.1, 0.15) is 0 Å². The summed E-state index contributed by atoms with van der Waals surface area (Å²) in [6, 6.07) is 10.5. The standard InChI is InChI=1S/C18H23N3O2S/c1-20-11-15(18(19-20)14-6-4-3-5-7-14)12-21-8-9-24-13-16(21)10-17(22)23-2/h3-7,11,16H,8-10,12-13H2,1-2H3/t16-/m1/s1. The van der Waals surface area contributed by atoms with Crippen molar-refractivity contribution >= 4 is 17.7 Å². The van der Waals surface area contributed by atoms with Gasteiger partial charge in [-0.25, -0.2) is 0 Å². The summed E-state index contributed by atoms with van der Waals surface area (Å²) in [4.78, 5) is 14.1. The lowest BCUT2D eigenvalue weighted by Crippen LogP contribution is -2.43. The zero-order chi connectivity index (χ0) is 16.9. The number of carbonyl (C=O) groups is 1. The molecule has 1 saturated heterocycles. The maximum atomic E-state index is 11.7. The number of hydrogen-bond donors (Lipinski definition) is 0. The molecule has 0 amide bonds. The van der Waals surface area contributed by atoms with Gasteiger partial charge in [0.15, 0.2) is 0 Å². The van der Waals surface area contributed by atoms with Gasteiger partial charge >= 0.3 is 5.97 Å². The zero-order valence-electron chi connectivity index (χ0n) is 14.1. The molecule has 1 atom stereocenters. The van der Waals surface area contributed by atoms with Crippen molar-refractivity contribution in [1.82, 2.24) is 14.7 Å². The molecule has 0 saturated carbocycles. The summed E-state index contributed by atoms with van der Waals surface area (Å²) in [5.74, 6) is 1.93. The van der Waals surface area contributed by atoms with Crippen LogP contribution in [0.3, 0.4) is 0 Å². The number of rotatable bonds is 5. The Bertz CT molecular complexity index is 687. The first-order valence-corrected chi connectivity index (χ1v) is 9.29. The predicted octanol–water partition coefficient (Wildman–Crippen LogP) is 2.57. The topological polar surface area (TPSA) is 47.4 Å². The van der Waals surface area contributed by atoms with Crippen LogP contribution in [0, 0.1) is 0 Å². The Hall–Kier alpha value is -1.79. The molecule has 0 aliphatic carbocycles. The maximum absolute atomic E-state index is 11.7. The lowest BCUT2D eigenvalue weighted by molar-refractivity contribution is -0.141. The number of hydrogen-bond acceptors (Lipinski definition) is 5. The van der Waals surface area contributed by atoms with E-state index in [-0.39, 0.29) is 12.0 Å². The van der Waals surface area contributed by atoms with E-state index in [1.54, 1.807) is 0 Å². The minimum atomic E-state index is -0.137. The van der Waals surface area contributed by atoms with Crippen LogP contribution in [0.5, 0.6) is 0 Å². The van der Waals surface area contributed by atoms with E-state index in [1.807, 2.05) is 41.7 Å². The van der Waals surface area contributed by atoms with Crippen molar-refractivity contribution in [3.05, 3.63) is 42.1 Å².